The van der Waals surface area contributed by atoms with Gasteiger partial charge in [0.05, 0.1) is 18.7 Å². The van der Waals surface area contributed by atoms with Crippen LogP contribution in [0.4, 0.5) is 14.6 Å². The molecule has 2 amide bonds. The summed E-state index contributed by atoms with van der Waals surface area (Å²) in [6, 6.07) is 3.25. The van der Waals surface area contributed by atoms with Crippen LogP contribution in [0.25, 0.3) is 0 Å². The SMILES string of the molecule is Cc1cnn(Cc2cc(F)ccc2F)c1NC(=O)C1CCCN(C(=O)C(C)(C)C)C1. The Morgan fingerprint density at radius 3 is 2.70 bits per heavy atom. The molecule has 1 aromatic heterocycles. The van der Waals surface area contributed by atoms with Crippen LogP contribution in [0.5, 0.6) is 0 Å². The van der Waals surface area contributed by atoms with Crippen molar-refractivity contribution >= 4 is 17.6 Å². The normalized spacial score (nSPS) is 17.1. The molecule has 0 aliphatic carbocycles. The number of nitrogens with zero attached hydrogens (tertiary/aromatic N) is 3. The highest BCUT2D eigenvalue weighted by atomic mass is 19.1. The van der Waals surface area contributed by atoms with Gasteiger partial charge in [0.1, 0.15) is 17.5 Å². The first-order valence-corrected chi connectivity index (χ1v) is 10.1. The lowest BCUT2D eigenvalue weighted by atomic mass is 9.91. The Balaban J connectivity index is 1.73. The number of nitrogens with one attached hydrogen (secondary N) is 1. The van der Waals surface area contributed by atoms with E-state index in [9.17, 15) is 18.4 Å². The molecule has 6 nitrogen and oxygen atoms in total. The largest absolute Gasteiger partial charge is 0.341 e. The van der Waals surface area contributed by atoms with E-state index in [-0.39, 0.29) is 29.8 Å². The third kappa shape index (κ3) is 4.86. The van der Waals surface area contributed by atoms with Crippen LogP contribution in [0.3, 0.4) is 0 Å². The summed E-state index contributed by atoms with van der Waals surface area (Å²) in [5.74, 6) is -1.13. The first kappa shape index (κ1) is 21.9. The zero-order chi connectivity index (χ0) is 22.1. The fourth-order valence-corrected chi connectivity index (χ4v) is 3.66. The van der Waals surface area contributed by atoms with Crippen LogP contribution in [0.15, 0.2) is 24.4 Å². The van der Waals surface area contributed by atoms with Gasteiger partial charge in [0.15, 0.2) is 0 Å². The maximum absolute atomic E-state index is 14.0. The molecule has 162 valence electrons. The minimum Gasteiger partial charge on any atom is -0.341 e. The first-order chi connectivity index (χ1) is 14.1. The highest BCUT2D eigenvalue weighted by molar-refractivity contribution is 5.93. The average Bonchev–Trinajstić information content (AvgIpc) is 3.03. The van der Waals surface area contributed by atoms with Crippen molar-refractivity contribution in [2.45, 2.75) is 47.1 Å². The minimum absolute atomic E-state index is 0.00759. The molecular formula is C22H28F2N4O2. The van der Waals surface area contributed by atoms with E-state index >= 15 is 0 Å². The van der Waals surface area contributed by atoms with Crippen molar-refractivity contribution in [2.75, 3.05) is 18.4 Å². The monoisotopic (exact) mass is 418 g/mol. The average molecular weight is 418 g/mol. The Labute approximate surface area is 175 Å². The Kier molecular flexibility index (Phi) is 6.24. The number of piperidine rings is 1. The Hall–Kier alpha value is -2.77. The number of carbonyl (C=O) groups is 2. The molecule has 1 saturated heterocycles. The second-order valence-corrected chi connectivity index (χ2v) is 8.90. The van der Waals surface area contributed by atoms with Gasteiger partial charge >= 0.3 is 0 Å². The van der Waals surface area contributed by atoms with E-state index in [1.807, 2.05) is 20.8 Å². The van der Waals surface area contributed by atoms with Gasteiger partial charge in [-0.25, -0.2) is 13.5 Å². The highest BCUT2D eigenvalue weighted by Gasteiger charge is 2.33. The lowest BCUT2D eigenvalue weighted by molar-refractivity contribution is -0.142. The molecular weight excluding hydrogens is 390 g/mol. The Morgan fingerprint density at radius 2 is 2.00 bits per heavy atom. The van der Waals surface area contributed by atoms with Crippen LogP contribution in [0.1, 0.15) is 44.7 Å². The number of rotatable bonds is 4. The van der Waals surface area contributed by atoms with Gasteiger partial charge in [-0.1, -0.05) is 20.8 Å². The minimum atomic E-state index is -0.537. The summed E-state index contributed by atoms with van der Waals surface area (Å²) in [6.45, 7) is 8.40. The van der Waals surface area contributed by atoms with Crippen molar-refractivity contribution in [3.8, 4) is 0 Å². The number of amides is 2. The Bertz CT molecular complexity index is 949. The summed E-state index contributed by atoms with van der Waals surface area (Å²) in [5.41, 5.74) is 0.370. The molecule has 1 unspecified atom stereocenters. The molecule has 2 aromatic rings. The zero-order valence-electron chi connectivity index (χ0n) is 17.8. The summed E-state index contributed by atoms with van der Waals surface area (Å²) >= 11 is 0. The maximum Gasteiger partial charge on any atom is 0.230 e. The summed E-state index contributed by atoms with van der Waals surface area (Å²) in [7, 11) is 0. The molecule has 1 fully saturated rings. The number of benzene rings is 1. The molecule has 1 aliphatic heterocycles. The van der Waals surface area contributed by atoms with Gasteiger partial charge in [0, 0.05) is 29.6 Å². The number of likely N-dealkylation sites (tertiary alicyclic amines) is 1. The standard InChI is InChI=1S/C22H28F2N4O2/c1-14-11-25-28(13-16-10-17(23)7-8-18(16)24)19(14)26-20(29)15-6-5-9-27(12-15)21(30)22(2,3)4/h7-8,10-11,15H,5-6,9,12-13H2,1-4H3,(H,26,29). The van der Waals surface area contributed by atoms with Crippen molar-refractivity contribution in [3.05, 3.63) is 47.2 Å². The summed E-state index contributed by atoms with van der Waals surface area (Å²) in [4.78, 5) is 27.3. The number of carbonyl (C=O) groups excluding carboxylic acids is 2. The predicted octanol–water partition coefficient (Wildman–Crippen LogP) is 3.74. The Morgan fingerprint density at radius 1 is 1.27 bits per heavy atom. The van der Waals surface area contributed by atoms with Crippen LogP contribution in [-0.4, -0.2) is 39.6 Å². The second kappa shape index (κ2) is 8.53. The van der Waals surface area contributed by atoms with Gasteiger partial charge in [-0.05, 0) is 38.0 Å². The molecule has 2 heterocycles. The van der Waals surface area contributed by atoms with Crippen LogP contribution in [0.2, 0.25) is 0 Å². The molecule has 1 aliphatic rings. The lowest BCUT2D eigenvalue weighted by Gasteiger charge is -2.35. The topological polar surface area (TPSA) is 67.2 Å². The third-order valence-electron chi connectivity index (χ3n) is 5.31. The predicted molar refractivity (Wildman–Crippen MR) is 110 cm³/mol. The molecule has 30 heavy (non-hydrogen) atoms. The molecule has 1 N–H and O–H groups in total. The first-order valence-electron chi connectivity index (χ1n) is 10.1. The number of halogens is 2. The van der Waals surface area contributed by atoms with E-state index in [2.05, 4.69) is 10.4 Å². The van der Waals surface area contributed by atoms with Crippen molar-refractivity contribution in [1.29, 1.82) is 0 Å². The van der Waals surface area contributed by atoms with Crippen LogP contribution >= 0.6 is 0 Å². The van der Waals surface area contributed by atoms with E-state index in [1.54, 1.807) is 18.0 Å². The van der Waals surface area contributed by atoms with Crippen molar-refractivity contribution < 1.29 is 18.4 Å². The molecule has 0 saturated carbocycles. The van der Waals surface area contributed by atoms with E-state index in [0.717, 1.165) is 30.2 Å². The van der Waals surface area contributed by atoms with E-state index < -0.39 is 17.0 Å². The summed E-state index contributed by atoms with van der Waals surface area (Å²) in [6.07, 6.45) is 3.02. The molecule has 8 heteroatoms. The summed E-state index contributed by atoms with van der Waals surface area (Å²) < 4.78 is 29.0. The number of hydrogen-bond donors (Lipinski definition) is 1. The van der Waals surface area contributed by atoms with E-state index in [4.69, 9.17) is 0 Å². The third-order valence-corrected chi connectivity index (χ3v) is 5.31. The summed E-state index contributed by atoms with van der Waals surface area (Å²) in [5, 5.41) is 7.09. The fourth-order valence-electron chi connectivity index (χ4n) is 3.66. The molecule has 1 aromatic carbocycles. The zero-order valence-corrected chi connectivity index (χ0v) is 17.8. The lowest BCUT2D eigenvalue weighted by Crippen LogP contribution is -2.47. The van der Waals surface area contributed by atoms with Gasteiger partial charge in [-0.3, -0.25) is 9.59 Å². The van der Waals surface area contributed by atoms with Crippen molar-refractivity contribution in [3.63, 3.8) is 0 Å². The van der Waals surface area contributed by atoms with Gasteiger partial charge in [-0.15, -0.1) is 0 Å². The smallest absolute Gasteiger partial charge is 0.230 e. The quantitative estimate of drug-likeness (QED) is 0.823. The molecule has 1 atom stereocenters. The second-order valence-electron chi connectivity index (χ2n) is 8.90. The molecule has 0 bridgehead atoms. The van der Waals surface area contributed by atoms with Gasteiger partial charge < -0.3 is 10.2 Å². The highest BCUT2D eigenvalue weighted by Crippen LogP contribution is 2.25. The van der Waals surface area contributed by atoms with Gasteiger partial charge in [0.25, 0.3) is 0 Å². The van der Waals surface area contributed by atoms with Crippen molar-refractivity contribution in [1.82, 2.24) is 14.7 Å². The maximum atomic E-state index is 14.0. The van der Waals surface area contributed by atoms with Crippen molar-refractivity contribution in [2.24, 2.45) is 11.3 Å². The number of aryl methyl sites for hydroxylation is 1. The van der Waals surface area contributed by atoms with Crippen LogP contribution in [0, 0.1) is 29.9 Å². The van der Waals surface area contributed by atoms with Gasteiger partial charge in [-0.2, -0.15) is 5.10 Å². The molecule has 0 spiro atoms. The van der Waals surface area contributed by atoms with E-state index in [0.29, 0.717) is 25.3 Å². The number of hydrogen-bond acceptors (Lipinski definition) is 3. The van der Waals surface area contributed by atoms with Gasteiger partial charge in [0.2, 0.25) is 11.8 Å². The number of anilines is 1. The van der Waals surface area contributed by atoms with Crippen LogP contribution < -0.4 is 5.32 Å². The fraction of sp³-hybridized carbons (Fsp3) is 0.500. The van der Waals surface area contributed by atoms with Crippen LogP contribution in [-0.2, 0) is 16.1 Å². The van der Waals surface area contributed by atoms with E-state index in [1.165, 1.54) is 4.68 Å². The molecule has 0 radical (unpaired) electrons. The molecule has 3 rings (SSSR count). The number of aromatic nitrogens is 2.